The van der Waals surface area contributed by atoms with E-state index in [1.807, 2.05) is 13.8 Å². The number of ether oxygens (including phenoxy) is 2. The first-order chi connectivity index (χ1) is 12.0. The van der Waals surface area contributed by atoms with Crippen molar-refractivity contribution >= 4 is 11.8 Å². The van der Waals surface area contributed by atoms with Crippen LogP contribution in [0.5, 0.6) is 11.5 Å². The van der Waals surface area contributed by atoms with Crippen LogP contribution in [0.2, 0.25) is 0 Å². The number of carbonyl (C=O) groups excluding carboxylic acids is 2. The Morgan fingerprint density at radius 1 is 1.32 bits per heavy atom. The van der Waals surface area contributed by atoms with Gasteiger partial charge in [0.05, 0.1) is 7.11 Å². The van der Waals surface area contributed by atoms with E-state index < -0.39 is 0 Å². The van der Waals surface area contributed by atoms with Crippen molar-refractivity contribution in [2.24, 2.45) is 0 Å². The maximum Gasteiger partial charge on any atom is 0.258 e. The molecule has 1 heterocycles. The van der Waals surface area contributed by atoms with E-state index in [1.165, 1.54) is 7.11 Å². The number of hydrogen-bond acceptors (Lipinski definition) is 5. The molecule has 0 saturated carbocycles. The van der Waals surface area contributed by atoms with Crippen molar-refractivity contribution < 1.29 is 19.1 Å². The van der Waals surface area contributed by atoms with Crippen LogP contribution in [0.1, 0.15) is 37.0 Å². The summed E-state index contributed by atoms with van der Waals surface area (Å²) in [6.07, 6.45) is 2.22. The minimum atomic E-state index is -0.206. The van der Waals surface area contributed by atoms with E-state index in [2.05, 4.69) is 16.0 Å². The molecule has 1 unspecified atom stereocenters. The molecule has 0 aliphatic carbocycles. The fourth-order valence-electron chi connectivity index (χ4n) is 2.68. The Bertz CT molecular complexity index is 598. The van der Waals surface area contributed by atoms with Gasteiger partial charge in [-0.05, 0) is 51.4 Å². The van der Waals surface area contributed by atoms with E-state index in [0.29, 0.717) is 29.6 Å². The van der Waals surface area contributed by atoms with Gasteiger partial charge in [0, 0.05) is 24.2 Å². The molecule has 138 valence electrons. The van der Waals surface area contributed by atoms with E-state index in [4.69, 9.17) is 9.47 Å². The highest BCUT2D eigenvalue weighted by molar-refractivity contribution is 5.94. The van der Waals surface area contributed by atoms with Crippen molar-refractivity contribution in [2.45, 2.75) is 38.8 Å². The predicted molar refractivity (Wildman–Crippen MR) is 95.1 cm³/mol. The second kappa shape index (κ2) is 9.27. The lowest BCUT2D eigenvalue weighted by Crippen LogP contribution is -2.37. The lowest BCUT2D eigenvalue weighted by atomic mass is 10.1. The Morgan fingerprint density at radius 2 is 2.12 bits per heavy atom. The summed E-state index contributed by atoms with van der Waals surface area (Å²) in [4.78, 5) is 23.9. The maximum atomic E-state index is 12.3. The summed E-state index contributed by atoms with van der Waals surface area (Å²) in [5.74, 6) is 0.485. The Kier molecular flexibility index (Phi) is 7.06. The number of amides is 2. The third kappa shape index (κ3) is 5.94. The summed E-state index contributed by atoms with van der Waals surface area (Å²) < 4.78 is 10.8. The van der Waals surface area contributed by atoms with E-state index in [-0.39, 0.29) is 24.5 Å². The van der Waals surface area contributed by atoms with E-state index in [9.17, 15) is 9.59 Å². The molecular formula is C18H27N3O4. The molecular weight excluding hydrogens is 322 g/mol. The van der Waals surface area contributed by atoms with Crippen molar-refractivity contribution in [1.82, 2.24) is 16.0 Å². The number of rotatable bonds is 8. The quantitative estimate of drug-likeness (QED) is 0.654. The van der Waals surface area contributed by atoms with Crippen LogP contribution in [-0.2, 0) is 4.79 Å². The molecule has 0 bridgehead atoms. The number of carbonyl (C=O) groups is 2. The standard InChI is InChI=1S/C18H27N3O4/c1-12(2)21-17(22)11-25-15-7-6-13(9-16(15)24-3)18(23)20-10-14-5-4-8-19-14/h6-7,9,12,14,19H,4-5,8,10-11H2,1-3H3,(H,20,23)(H,21,22). The molecule has 1 saturated heterocycles. The number of hydrogen-bond donors (Lipinski definition) is 3. The molecule has 1 aromatic rings. The Balaban J connectivity index is 1.92. The van der Waals surface area contributed by atoms with Gasteiger partial charge in [0.2, 0.25) is 0 Å². The monoisotopic (exact) mass is 349 g/mol. The SMILES string of the molecule is COc1cc(C(=O)NCC2CCCN2)ccc1OCC(=O)NC(C)C. The van der Waals surface area contributed by atoms with Gasteiger partial charge in [-0.3, -0.25) is 9.59 Å². The smallest absolute Gasteiger partial charge is 0.258 e. The molecule has 1 aromatic carbocycles. The average Bonchev–Trinajstić information content (AvgIpc) is 3.10. The number of benzene rings is 1. The minimum absolute atomic E-state index is 0.0541. The van der Waals surface area contributed by atoms with Crippen LogP contribution in [0.4, 0.5) is 0 Å². The van der Waals surface area contributed by atoms with Crippen LogP contribution >= 0.6 is 0 Å². The van der Waals surface area contributed by atoms with Gasteiger partial charge in [-0.25, -0.2) is 0 Å². The summed E-state index contributed by atoms with van der Waals surface area (Å²) in [7, 11) is 1.50. The van der Waals surface area contributed by atoms with Crippen molar-refractivity contribution in [3.63, 3.8) is 0 Å². The largest absolute Gasteiger partial charge is 0.493 e. The molecule has 1 fully saturated rings. The van der Waals surface area contributed by atoms with Gasteiger partial charge < -0.3 is 25.4 Å². The van der Waals surface area contributed by atoms with Gasteiger partial charge >= 0.3 is 0 Å². The highest BCUT2D eigenvalue weighted by atomic mass is 16.5. The normalized spacial score (nSPS) is 16.6. The lowest BCUT2D eigenvalue weighted by Gasteiger charge is -2.14. The summed E-state index contributed by atoms with van der Waals surface area (Å²) in [6, 6.07) is 5.32. The average molecular weight is 349 g/mol. The van der Waals surface area contributed by atoms with E-state index in [1.54, 1.807) is 18.2 Å². The first kappa shape index (κ1) is 19.1. The summed E-state index contributed by atoms with van der Waals surface area (Å²) in [6.45, 7) is 5.27. The van der Waals surface area contributed by atoms with Gasteiger partial charge in [-0.2, -0.15) is 0 Å². The molecule has 1 aliphatic rings. The molecule has 2 amide bonds. The molecule has 7 heteroatoms. The van der Waals surface area contributed by atoms with Crippen LogP contribution < -0.4 is 25.4 Å². The summed E-state index contributed by atoms with van der Waals surface area (Å²) in [5, 5.41) is 9.01. The Labute approximate surface area is 148 Å². The van der Waals surface area contributed by atoms with Crippen LogP contribution in [0.15, 0.2) is 18.2 Å². The molecule has 3 N–H and O–H groups in total. The lowest BCUT2D eigenvalue weighted by molar-refractivity contribution is -0.123. The fourth-order valence-corrected chi connectivity index (χ4v) is 2.68. The number of methoxy groups -OCH3 is 1. The topological polar surface area (TPSA) is 88.7 Å². The van der Waals surface area contributed by atoms with Crippen LogP contribution in [0, 0.1) is 0 Å². The minimum Gasteiger partial charge on any atom is -0.493 e. The molecule has 0 spiro atoms. The molecule has 2 rings (SSSR count). The van der Waals surface area contributed by atoms with Crippen molar-refractivity contribution in [3.8, 4) is 11.5 Å². The first-order valence-corrected chi connectivity index (χ1v) is 8.61. The molecule has 0 radical (unpaired) electrons. The van der Waals surface area contributed by atoms with Crippen LogP contribution in [0.3, 0.4) is 0 Å². The second-order valence-electron chi connectivity index (χ2n) is 6.38. The van der Waals surface area contributed by atoms with E-state index in [0.717, 1.165) is 19.4 Å². The van der Waals surface area contributed by atoms with Crippen molar-refractivity contribution in [1.29, 1.82) is 0 Å². The highest BCUT2D eigenvalue weighted by Gasteiger charge is 2.16. The Morgan fingerprint density at radius 3 is 2.76 bits per heavy atom. The van der Waals surface area contributed by atoms with Crippen molar-refractivity contribution in [3.05, 3.63) is 23.8 Å². The third-order valence-corrected chi connectivity index (χ3v) is 3.91. The molecule has 25 heavy (non-hydrogen) atoms. The zero-order chi connectivity index (χ0) is 18.2. The third-order valence-electron chi connectivity index (χ3n) is 3.91. The molecule has 0 aromatic heterocycles. The van der Waals surface area contributed by atoms with Crippen LogP contribution in [0.25, 0.3) is 0 Å². The molecule has 1 atom stereocenters. The first-order valence-electron chi connectivity index (χ1n) is 8.61. The van der Waals surface area contributed by atoms with E-state index >= 15 is 0 Å². The number of nitrogens with one attached hydrogen (secondary N) is 3. The predicted octanol–water partition coefficient (Wildman–Crippen LogP) is 1.08. The van der Waals surface area contributed by atoms with Gasteiger partial charge in [0.1, 0.15) is 0 Å². The maximum absolute atomic E-state index is 12.3. The summed E-state index contributed by atoms with van der Waals surface area (Å²) in [5.41, 5.74) is 0.494. The van der Waals surface area contributed by atoms with Gasteiger partial charge in [0.25, 0.3) is 11.8 Å². The zero-order valence-electron chi connectivity index (χ0n) is 15.1. The fraction of sp³-hybridized carbons (Fsp3) is 0.556. The van der Waals surface area contributed by atoms with Gasteiger partial charge in [-0.1, -0.05) is 0 Å². The van der Waals surface area contributed by atoms with Gasteiger partial charge in [0.15, 0.2) is 18.1 Å². The zero-order valence-corrected chi connectivity index (χ0v) is 15.1. The highest BCUT2D eigenvalue weighted by Crippen LogP contribution is 2.28. The van der Waals surface area contributed by atoms with Gasteiger partial charge in [-0.15, -0.1) is 0 Å². The molecule has 1 aliphatic heterocycles. The molecule has 7 nitrogen and oxygen atoms in total. The second-order valence-corrected chi connectivity index (χ2v) is 6.38. The van der Waals surface area contributed by atoms with Crippen LogP contribution in [-0.4, -0.2) is 50.7 Å². The Hall–Kier alpha value is -2.28. The summed E-state index contributed by atoms with van der Waals surface area (Å²) >= 11 is 0. The van der Waals surface area contributed by atoms with Crippen molar-refractivity contribution in [2.75, 3.05) is 26.8 Å².